The monoisotopic (exact) mass is 180 g/mol. The van der Waals surface area contributed by atoms with E-state index in [0.29, 0.717) is 0 Å². The maximum absolute atomic E-state index is 3.47. The zero-order valence-electron chi connectivity index (χ0n) is 8.50. The Morgan fingerprint density at radius 3 is 2.31 bits per heavy atom. The third kappa shape index (κ3) is 1.31. The number of likely N-dealkylation sites (tertiary alicyclic amines) is 1. The molecule has 2 nitrogen and oxygen atoms in total. The van der Waals surface area contributed by atoms with Crippen LogP contribution in [-0.4, -0.2) is 37.1 Å². The van der Waals surface area contributed by atoms with Crippen molar-refractivity contribution in [2.75, 3.05) is 26.2 Å². The van der Waals surface area contributed by atoms with Gasteiger partial charge in [-0.25, -0.2) is 0 Å². The van der Waals surface area contributed by atoms with E-state index in [1.54, 1.807) is 0 Å². The predicted molar refractivity (Wildman–Crippen MR) is 53.6 cm³/mol. The summed E-state index contributed by atoms with van der Waals surface area (Å²) in [5.74, 6) is 3.02. The zero-order valence-corrected chi connectivity index (χ0v) is 8.50. The Morgan fingerprint density at radius 1 is 1.08 bits per heavy atom. The van der Waals surface area contributed by atoms with Crippen molar-refractivity contribution in [1.82, 2.24) is 10.2 Å². The van der Waals surface area contributed by atoms with Crippen molar-refractivity contribution in [2.24, 2.45) is 17.8 Å². The van der Waals surface area contributed by atoms with E-state index in [9.17, 15) is 0 Å². The largest absolute Gasteiger partial charge is 0.316 e. The molecule has 2 heterocycles. The molecular formula is C11H20N2. The fraction of sp³-hybridized carbons (Fsp3) is 1.00. The van der Waals surface area contributed by atoms with E-state index in [4.69, 9.17) is 0 Å². The summed E-state index contributed by atoms with van der Waals surface area (Å²) in [7, 11) is 0. The maximum atomic E-state index is 3.47. The van der Waals surface area contributed by atoms with Gasteiger partial charge < -0.3 is 5.32 Å². The quantitative estimate of drug-likeness (QED) is 0.646. The minimum atomic E-state index is 0.980. The normalized spacial score (nSPS) is 46.4. The molecule has 2 saturated heterocycles. The molecule has 3 aliphatic rings. The first kappa shape index (κ1) is 8.25. The molecule has 3 fully saturated rings. The SMILES string of the molecule is CC1CCN(C2C3CNCC32)CC1. The molecule has 0 amide bonds. The summed E-state index contributed by atoms with van der Waals surface area (Å²) in [6.45, 7) is 7.73. The Kier molecular flexibility index (Phi) is 1.88. The van der Waals surface area contributed by atoms with Crippen LogP contribution in [0.2, 0.25) is 0 Å². The molecule has 0 bridgehead atoms. The first-order valence-electron chi connectivity index (χ1n) is 5.81. The van der Waals surface area contributed by atoms with Gasteiger partial charge in [0.15, 0.2) is 0 Å². The fourth-order valence-corrected chi connectivity index (χ4v) is 3.25. The Balaban J connectivity index is 1.56. The molecule has 1 saturated carbocycles. The fourth-order valence-electron chi connectivity index (χ4n) is 3.25. The summed E-state index contributed by atoms with van der Waals surface area (Å²) in [5.41, 5.74) is 0. The standard InChI is InChI=1S/C11H20N2/c1-8-2-4-13(5-3-8)11-9-6-12-7-10(9)11/h8-12H,2-7H2,1H3. The summed E-state index contributed by atoms with van der Waals surface area (Å²) < 4.78 is 0. The highest BCUT2D eigenvalue weighted by atomic mass is 15.2. The average molecular weight is 180 g/mol. The molecule has 0 aromatic rings. The lowest BCUT2D eigenvalue weighted by atomic mass is 9.99. The second kappa shape index (κ2) is 2.96. The Hall–Kier alpha value is -0.0800. The highest BCUT2D eigenvalue weighted by molar-refractivity contribution is 5.10. The highest BCUT2D eigenvalue weighted by Gasteiger charge is 2.55. The first-order valence-corrected chi connectivity index (χ1v) is 5.81. The predicted octanol–water partition coefficient (Wildman–Crippen LogP) is 0.936. The van der Waals surface area contributed by atoms with Gasteiger partial charge in [-0.1, -0.05) is 6.92 Å². The van der Waals surface area contributed by atoms with E-state index in [1.165, 1.54) is 39.0 Å². The van der Waals surface area contributed by atoms with Crippen LogP contribution < -0.4 is 5.32 Å². The van der Waals surface area contributed by atoms with Gasteiger partial charge >= 0.3 is 0 Å². The third-order valence-electron chi connectivity index (χ3n) is 4.29. The molecule has 13 heavy (non-hydrogen) atoms. The van der Waals surface area contributed by atoms with Crippen molar-refractivity contribution >= 4 is 0 Å². The molecule has 0 aromatic heterocycles. The maximum Gasteiger partial charge on any atom is 0.0183 e. The second-order valence-corrected chi connectivity index (χ2v) is 5.20. The molecule has 1 aliphatic carbocycles. The van der Waals surface area contributed by atoms with Crippen LogP contribution in [0.4, 0.5) is 0 Å². The number of nitrogens with one attached hydrogen (secondary N) is 1. The first-order chi connectivity index (χ1) is 6.36. The van der Waals surface area contributed by atoms with Crippen LogP contribution in [-0.2, 0) is 0 Å². The number of hydrogen-bond donors (Lipinski definition) is 1. The molecule has 2 aliphatic heterocycles. The number of rotatable bonds is 1. The Bertz CT molecular complexity index is 186. The average Bonchev–Trinajstić information content (AvgIpc) is 2.63. The molecule has 0 aromatic carbocycles. The van der Waals surface area contributed by atoms with Crippen molar-refractivity contribution in [3.05, 3.63) is 0 Å². The second-order valence-electron chi connectivity index (χ2n) is 5.20. The summed E-state index contributed by atoms with van der Waals surface area (Å²) in [4.78, 5) is 2.76. The number of fused-ring (bicyclic) bond motifs is 1. The van der Waals surface area contributed by atoms with Gasteiger partial charge in [0.1, 0.15) is 0 Å². The van der Waals surface area contributed by atoms with E-state index >= 15 is 0 Å². The lowest BCUT2D eigenvalue weighted by Gasteiger charge is -2.31. The number of piperidine rings is 2. The van der Waals surface area contributed by atoms with Crippen LogP contribution in [0.5, 0.6) is 0 Å². The molecule has 2 heteroatoms. The molecule has 2 atom stereocenters. The van der Waals surface area contributed by atoms with E-state index in [1.807, 2.05) is 0 Å². The van der Waals surface area contributed by atoms with Crippen LogP contribution in [0.3, 0.4) is 0 Å². The Morgan fingerprint density at radius 2 is 1.69 bits per heavy atom. The molecule has 1 N–H and O–H groups in total. The lowest BCUT2D eigenvalue weighted by molar-refractivity contribution is 0.167. The van der Waals surface area contributed by atoms with Gasteiger partial charge in [0.2, 0.25) is 0 Å². The number of nitrogens with zero attached hydrogens (tertiary/aromatic N) is 1. The van der Waals surface area contributed by atoms with Gasteiger partial charge in [0.05, 0.1) is 0 Å². The van der Waals surface area contributed by atoms with Crippen LogP contribution in [0.25, 0.3) is 0 Å². The van der Waals surface area contributed by atoms with Gasteiger partial charge in [0.25, 0.3) is 0 Å². The molecule has 0 spiro atoms. The van der Waals surface area contributed by atoms with Crippen molar-refractivity contribution in [3.8, 4) is 0 Å². The van der Waals surface area contributed by atoms with Crippen molar-refractivity contribution in [3.63, 3.8) is 0 Å². The molecule has 74 valence electrons. The van der Waals surface area contributed by atoms with E-state index in [-0.39, 0.29) is 0 Å². The van der Waals surface area contributed by atoms with Gasteiger partial charge in [-0.2, -0.15) is 0 Å². The van der Waals surface area contributed by atoms with Gasteiger partial charge in [-0.15, -0.1) is 0 Å². The Labute approximate surface area is 80.7 Å². The van der Waals surface area contributed by atoms with Crippen molar-refractivity contribution < 1.29 is 0 Å². The third-order valence-corrected chi connectivity index (χ3v) is 4.29. The van der Waals surface area contributed by atoms with Gasteiger partial charge in [-0.05, 0) is 56.8 Å². The summed E-state index contributed by atoms with van der Waals surface area (Å²) >= 11 is 0. The molecular weight excluding hydrogens is 160 g/mol. The lowest BCUT2D eigenvalue weighted by Crippen LogP contribution is -2.38. The highest BCUT2D eigenvalue weighted by Crippen LogP contribution is 2.46. The smallest absolute Gasteiger partial charge is 0.0183 e. The van der Waals surface area contributed by atoms with Crippen LogP contribution >= 0.6 is 0 Å². The van der Waals surface area contributed by atoms with Gasteiger partial charge in [0, 0.05) is 6.04 Å². The molecule has 0 radical (unpaired) electrons. The van der Waals surface area contributed by atoms with Crippen molar-refractivity contribution in [2.45, 2.75) is 25.8 Å². The van der Waals surface area contributed by atoms with Crippen LogP contribution in [0, 0.1) is 17.8 Å². The summed E-state index contributed by atoms with van der Waals surface area (Å²) in [6.07, 6.45) is 2.87. The van der Waals surface area contributed by atoms with E-state index in [0.717, 1.165) is 23.8 Å². The number of hydrogen-bond acceptors (Lipinski definition) is 2. The van der Waals surface area contributed by atoms with Crippen LogP contribution in [0.15, 0.2) is 0 Å². The van der Waals surface area contributed by atoms with E-state index in [2.05, 4.69) is 17.1 Å². The summed E-state index contributed by atoms with van der Waals surface area (Å²) in [6, 6.07) is 0.980. The minimum absolute atomic E-state index is 0.980. The van der Waals surface area contributed by atoms with E-state index < -0.39 is 0 Å². The topological polar surface area (TPSA) is 15.3 Å². The molecule has 2 unspecified atom stereocenters. The van der Waals surface area contributed by atoms with Crippen molar-refractivity contribution in [1.29, 1.82) is 0 Å². The minimum Gasteiger partial charge on any atom is -0.316 e. The zero-order chi connectivity index (χ0) is 8.84. The molecule has 3 rings (SSSR count). The van der Waals surface area contributed by atoms with Crippen LogP contribution in [0.1, 0.15) is 19.8 Å². The summed E-state index contributed by atoms with van der Waals surface area (Å²) in [5, 5.41) is 3.47. The van der Waals surface area contributed by atoms with Gasteiger partial charge in [-0.3, -0.25) is 4.90 Å².